The summed E-state index contributed by atoms with van der Waals surface area (Å²) in [5, 5.41) is 3.48. The van der Waals surface area contributed by atoms with Crippen molar-refractivity contribution >= 4 is 11.6 Å². The third-order valence-corrected chi connectivity index (χ3v) is 2.94. The van der Waals surface area contributed by atoms with Crippen molar-refractivity contribution in [3.63, 3.8) is 0 Å². The topological polar surface area (TPSA) is 30.5 Å². The minimum atomic E-state index is 0.682. The van der Waals surface area contributed by atoms with Gasteiger partial charge in [0, 0.05) is 19.6 Å². The first kappa shape index (κ1) is 17.2. The monoisotopic (exact) mass is 265 g/mol. The predicted molar refractivity (Wildman–Crippen MR) is 73.9 cm³/mol. The second-order valence-electron chi connectivity index (χ2n) is 4.30. The van der Waals surface area contributed by atoms with E-state index in [2.05, 4.69) is 12.2 Å². The third-order valence-electron chi connectivity index (χ3n) is 2.72. The van der Waals surface area contributed by atoms with Crippen LogP contribution in [0.2, 0.25) is 0 Å². The van der Waals surface area contributed by atoms with Crippen LogP contribution in [0.1, 0.15) is 32.6 Å². The van der Waals surface area contributed by atoms with Gasteiger partial charge in [-0.05, 0) is 38.3 Å². The zero-order valence-corrected chi connectivity index (χ0v) is 12.1. The summed E-state index contributed by atoms with van der Waals surface area (Å²) in [6, 6.07) is 0. The summed E-state index contributed by atoms with van der Waals surface area (Å²) in [5.41, 5.74) is 0. The van der Waals surface area contributed by atoms with Crippen molar-refractivity contribution in [2.75, 3.05) is 45.9 Å². The fourth-order valence-electron chi connectivity index (χ4n) is 1.76. The van der Waals surface area contributed by atoms with Gasteiger partial charge in [-0.2, -0.15) is 0 Å². The molecule has 1 atom stereocenters. The average Bonchev–Trinajstić information content (AvgIpc) is 2.33. The molecule has 0 aromatic rings. The van der Waals surface area contributed by atoms with Crippen LogP contribution in [-0.2, 0) is 9.47 Å². The second kappa shape index (κ2) is 14.2. The van der Waals surface area contributed by atoms with Gasteiger partial charge in [0.1, 0.15) is 0 Å². The van der Waals surface area contributed by atoms with Crippen molar-refractivity contribution in [3.8, 4) is 0 Å². The van der Waals surface area contributed by atoms with Gasteiger partial charge in [0.25, 0.3) is 0 Å². The summed E-state index contributed by atoms with van der Waals surface area (Å²) in [7, 11) is 1.69. The van der Waals surface area contributed by atoms with Crippen LogP contribution < -0.4 is 5.32 Å². The molecule has 104 valence electrons. The van der Waals surface area contributed by atoms with E-state index in [4.69, 9.17) is 21.1 Å². The molecule has 0 spiro atoms. The summed E-state index contributed by atoms with van der Waals surface area (Å²) in [4.78, 5) is 0. The minimum Gasteiger partial charge on any atom is -0.382 e. The fraction of sp³-hybridized carbons (Fsp3) is 1.00. The lowest BCUT2D eigenvalue weighted by Gasteiger charge is -2.15. The zero-order valence-electron chi connectivity index (χ0n) is 11.3. The summed E-state index contributed by atoms with van der Waals surface area (Å²) in [5.74, 6) is 1.50. The van der Waals surface area contributed by atoms with E-state index in [1.165, 1.54) is 12.8 Å². The molecular formula is C13H28ClNO2. The second-order valence-corrected chi connectivity index (χ2v) is 4.67. The normalized spacial score (nSPS) is 12.9. The maximum atomic E-state index is 5.78. The minimum absolute atomic E-state index is 0.682. The molecule has 0 saturated carbocycles. The lowest BCUT2D eigenvalue weighted by Crippen LogP contribution is -2.25. The molecule has 0 radical (unpaired) electrons. The number of hydrogen-bond donors (Lipinski definition) is 1. The molecule has 4 heteroatoms. The van der Waals surface area contributed by atoms with Gasteiger partial charge in [-0.3, -0.25) is 0 Å². The van der Waals surface area contributed by atoms with E-state index in [-0.39, 0.29) is 0 Å². The summed E-state index contributed by atoms with van der Waals surface area (Å²) < 4.78 is 10.3. The molecule has 0 aliphatic rings. The zero-order chi connectivity index (χ0) is 12.8. The third kappa shape index (κ3) is 12.4. The summed E-state index contributed by atoms with van der Waals surface area (Å²) in [6.45, 7) is 6.52. The van der Waals surface area contributed by atoms with Gasteiger partial charge in [0.05, 0.1) is 13.2 Å². The first-order valence-electron chi connectivity index (χ1n) is 6.68. The van der Waals surface area contributed by atoms with Crippen molar-refractivity contribution in [2.45, 2.75) is 32.6 Å². The Hall–Kier alpha value is 0.170. The molecule has 0 heterocycles. The summed E-state index contributed by atoms with van der Waals surface area (Å²) in [6.07, 6.45) is 4.68. The van der Waals surface area contributed by atoms with E-state index >= 15 is 0 Å². The van der Waals surface area contributed by atoms with Crippen LogP contribution in [0.25, 0.3) is 0 Å². The highest BCUT2D eigenvalue weighted by atomic mass is 35.5. The van der Waals surface area contributed by atoms with Gasteiger partial charge < -0.3 is 14.8 Å². The predicted octanol–water partition coefficient (Wildman–Crippen LogP) is 2.67. The highest BCUT2D eigenvalue weighted by Crippen LogP contribution is 2.10. The maximum absolute atomic E-state index is 5.78. The van der Waals surface area contributed by atoms with Crippen molar-refractivity contribution in [1.82, 2.24) is 5.32 Å². The number of hydrogen-bond acceptors (Lipinski definition) is 3. The maximum Gasteiger partial charge on any atom is 0.0700 e. The molecule has 0 aromatic carbocycles. The quantitative estimate of drug-likeness (QED) is 0.410. The Kier molecular flexibility index (Phi) is 14.4. The van der Waals surface area contributed by atoms with Crippen LogP contribution >= 0.6 is 11.6 Å². The fourth-order valence-corrected chi connectivity index (χ4v) is 2.07. The van der Waals surface area contributed by atoms with Crippen molar-refractivity contribution in [1.29, 1.82) is 0 Å². The number of rotatable bonds is 13. The van der Waals surface area contributed by atoms with Crippen LogP contribution in [0.3, 0.4) is 0 Å². The van der Waals surface area contributed by atoms with E-state index < -0.39 is 0 Å². The van der Waals surface area contributed by atoms with Crippen molar-refractivity contribution in [3.05, 3.63) is 0 Å². The molecule has 0 saturated heterocycles. The SMILES string of the molecule is CCCC(CCCl)CNCCCOCCOC. The molecule has 1 unspecified atom stereocenters. The molecule has 1 N–H and O–H groups in total. The molecule has 0 aliphatic carbocycles. The van der Waals surface area contributed by atoms with Crippen LogP contribution in [0.5, 0.6) is 0 Å². The van der Waals surface area contributed by atoms with E-state index in [1.54, 1.807) is 7.11 Å². The molecule has 0 aromatic heterocycles. The van der Waals surface area contributed by atoms with E-state index in [0.717, 1.165) is 44.3 Å². The Balaban J connectivity index is 3.23. The van der Waals surface area contributed by atoms with E-state index in [9.17, 15) is 0 Å². The molecule has 0 rings (SSSR count). The Morgan fingerprint density at radius 3 is 2.65 bits per heavy atom. The number of ether oxygens (including phenoxy) is 2. The first-order valence-corrected chi connectivity index (χ1v) is 7.22. The standard InChI is InChI=1S/C13H28ClNO2/c1-3-5-13(6-7-14)12-15-8-4-9-17-11-10-16-2/h13,15H,3-12H2,1-2H3. The molecule has 0 fully saturated rings. The van der Waals surface area contributed by atoms with Crippen LogP contribution in [-0.4, -0.2) is 45.9 Å². The van der Waals surface area contributed by atoms with E-state index in [1.807, 2.05) is 0 Å². The number of alkyl halides is 1. The van der Waals surface area contributed by atoms with Gasteiger partial charge in [-0.15, -0.1) is 11.6 Å². The molecule has 3 nitrogen and oxygen atoms in total. The van der Waals surface area contributed by atoms with Crippen molar-refractivity contribution < 1.29 is 9.47 Å². The van der Waals surface area contributed by atoms with Crippen LogP contribution in [0.4, 0.5) is 0 Å². The Bertz CT molecular complexity index is 141. The Morgan fingerprint density at radius 1 is 1.18 bits per heavy atom. The number of methoxy groups -OCH3 is 1. The average molecular weight is 266 g/mol. The Morgan fingerprint density at radius 2 is 2.00 bits per heavy atom. The Labute approximate surface area is 111 Å². The summed E-state index contributed by atoms with van der Waals surface area (Å²) >= 11 is 5.78. The molecule has 0 aliphatic heterocycles. The van der Waals surface area contributed by atoms with Crippen LogP contribution in [0, 0.1) is 5.92 Å². The molecular weight excluding hydrogens is 238 g/mol. The van der Waals surface area contributed by atoms with Gasteiger partial charge >= 0.3 is 0 Å². The smallest absolute Gasteiger partial charge is 0.0700 e. The van der Waals surface area contributed by atoms with Gasteiger partial charge in [-0.1, -0.05) is 13.3 Å². The molecule has 17 heavy (non-hydrogen) atoms. The highest BCUT2D eigenvalue weighted by Gasteiger charge is 2.05. The lowest BCUT2D eigenvalue weighted by molar-refractivity contribution is 0.0694. The largest absolute Gasteiger partial charge is 0.382 e. The van der Waals surface area contributed by atoms with E-state index in [0.29, 0.717) is 13.2 Å². The first-order chi connectivity index (χ1) is 8.35. The highest BCUT2D eigenvalue weighted by molar-refractivity contribution is 6.17. The lowest BCUT2D eigenvalue weighted by atomic mass is 10.0. The van der Waals surface area contributed by atoms with Gasteiger partial charge in [-0.25, -0.2) is 0 Å². The number of nitrogens with one attached hydrogen (secondary N) is 1. The van der Waals surface area contributed by atoms with Gasteiger partial charge in [0.2, 0.25) is 0 Å². The number of halogens is 1. The molecule has 0 bridgehead atoms. The van der Waals surface area contributed by atoms with Gasteiger partial charge in [0.15, 0.2) is 0 Å². The molecule has 0 amide bonds. The van der Waals surface area contributed by atoms with Crippen LogP contribution in [0.15, 0.2) is 0 Å². The van der Waals surface area contributed by atoms with Crippen molar-refractivity contribution in [2.24, 2.45) is 5.92 Å².